The van der Waals surface area contributed by atoms with Gasteiger partial charge in [-0.05, 0) is 144 Å². The van der Waals surface area contributed by atoms with Gasteiger partial charge in [-0.25, -0.2) is 9.97 Å². The molecule has 0 aliphatic carbocycles. The van der Waals surface area contributed by atoms with Crippen molar-refractivity contribution in [3.8, 4) is 44.5 Å². The van der Waals surface area contributed by atoms with Crippen LogP contribution < -0.4 is 17.0 Å². The average Bonchev–Trinajstić information content (AvgIpc) is 1.58. The molecule has 13 aromatic rings. The standard InChI is InChI=1S/C24H27N4O2.C24H24N4O.C20H20N4O.C18H15IN4O.C4H7ClO.C2H5.ClH.Zn/c1-5-22-11-10-20-15-27(24(30)23(20)28(22)16(2)17(3)29)13-18-6-8-19(9-7-18)21-12-25-26(4)14-21;1-15-16(2)22-10-9-20-14-27(24(29)23(20)28(22)17(15)3)12-18-5-7-19(8-6-18)21-11-25-26(4)13-21;1-3-18-9-8-16-13-24(20(25)19(16)22-18)11-14-4-6-15(7-5-14)17-10-21-23(2)12-17;1-22-10-15(8-20-22)13-4-2-12(3-5-13)9-23-11-14-6-7-16(19)21-17(14)18(23)24;1-3(5)4(2)6;1-2;;/h6-12,14,16H,5,13,15H2,1-4H3;5-11,13H,12,14H2,1-4H3;4-10,12H,3,11,13H2,1-2H3;2-8,10H,9,11H2,1H3;3H,1-2H3;1H2,2H3;1H;/q+1;;;;;-1;;/p-1. The van der Waals surface area contributed by atoms with E-state index in [9.17, 15) is 28.8 Å². The van der Waals surface area contributed by atoms with Gasteiger partial charge in [0.1, 0.15) is 26.6 Å². The van der Waals surface area contributed by atoms with Crippen LogP contribution in [0.3, 0.4) is 0 Å². The fourth-order valence-corrected chi connectivity index (χ4v) is 15.0. The minimum Gasteiger partial charge on any atom is -1.00 e. The molecule has 0 spiro atoms. The Morgan fingerprint density at radius 3 is 1.19 bits per heavy atom. The molecule has 0 N–H and O–H groups in total. The number of aromatic nitrogens is 12. The quantitative estimate of drug-likeness (QED) is 0.0207. The van der Waals surface area contributed by atoms with Crippen molar-refractivity contribution < 1.29 is 65.2 Å². The molecule has 17 rings (SSSR count). The van der Waals surface area contributed by atoms with Crippen LogP contribution >= 0.6 is 34.2 Å². The van der Waals surface area contributed by atoms with Gasteiger partial charge in [0.25, 0.3) is 23.4 Å². The van der Waals surface area contributed by atoms with E-state index in [1.807, 2.05) is 152 Å². The zero-order chi connectivity index (χ0) is 82.9. The molecular weight excluding hydrogens is 1690 g/mol. The number of benzene rings is 4. The average molecular weight is 1790 g/mol. The van der Waals surface area contributed by atoms with Gasteiger partial charge in [-0.3, -0.25) is 47.5 Å². The Balaban J connectivity index is 0.000000160. The summed E-state index contributed by atoms with van der Waals surface area (Å²) in [6.45, 7) is 26.9. The third kappa shape index (κ3) is 20.3. The van der Waals surface area contributed by atoms with Crippen molar-refractivity contribution in [3.05, 3.63) is 301 Å². The maximum atomic E-state index is 13.3. The topological polar surface area (TPSA) is 221 Å². The number of amides is 4. The second kappa shape index (κ2) is 39.6. The summed E-state index contributed by atoms with van der Waals surface area (Å²) < 4.78 is 12.1. The minimum atomic E-state index is -0.349. The molecule has 2 atom stereocenters. The summed E-state index contributed by atoms with van der Waals surface area (Å²) in [6.07, 6.45) is 17.0. The smallest absolute Gasteiger partial charge is 0.319 e. The fourth-order valence-electron chi connectivity index (χ4n) is 14.6. The van der Waals surface area contributed by atoms with Crippen LogP contribution in [0.25, 0.3) is 50.0 Å². The first kappa shape index (κ1) is 89.4. The van der Waals surface area contributed by atoms with Crippen LogP contribution in [0.5, 0.6) is 0 Å². The van der Waals surface area contributed by atoms with Gasteiger partial charge in [0.2, 0.25) is 6.04 Å². The zero-order valence-electron chi connectivity index (χ0n) is 69.4. The number of carbonyl (C=O) groups excluding carboxylic acids is 6. The molecule has 4 aromatic carbocycles. The van der Waals surface area contributed by atoms with Gasteiger partial charge < -0.3 is 43.3 Å². The first-order valence-corrected chi connectivity index (χ1v) is 40.4. The van der Waals surface area contributed by atoms with Gasteiger partial charge in [0, 0.05) is 206 Å². The van der Waals surface area contributed by atoms with Gasteiger partial charge in [0.15, 0.2) is 11.5 Å². The van der Waals surface area contributed by atoms with Crippen molar-refractivity contribution >= 4 is 74.9 Å². The number of Topliss-reactive ketones (excluding diaryl/α,β-unsaturated/α-hetero) is 2. The van der Waals surface area contributed by atoms with E-state index in [2.05, 4.69) is 201 Å². The van der Waals surface area contributed by atoms with Crippen LogP contribution in [-0.4, -0.2) is 114 Å². The van der Waals surface area contributed by atoms with Gasteiger partial charge in [0.05, 0.1) is 36.7 Å². The third-order valence-electron chi connectivity index (χ3n) is 21.5. The molecule has 26 heteroatoms. The van der Waals surface area contributed by atoms with E-state index in [0.717, 1.165) is 134 Å². The summed E-state index contributed by atoms with van der Waals surface area (Å²) in [5.74, 6) is 0.225. The molecule has 0 saturated carbocycles. The number of ketones is 2. The SMILES string of the molecule is CC(=O)C(C)Cl.CCc1ccc2c([n+]1C(C)C(C)=O)C(=O)N(Cc1ccc(-c3cnn(C)c3)cc1)C2.CCc1ccc2c(n1)C(=O)N(Cc1ccc(-c3cnn(C)c3)cc1)C2.Cc1c(C)c2ccc3c(n2c1C)C(=O)N(Cc1ccc(-c2cnn(C)c2)cc1)C3.Cn1cc(-c2ccc(CN3Cc4ccc(I)nc4C3=O)cc2)cn1.[CH2-]C.[Cl-].[Zn]. The molecule has 2 unspecified atom stereocenters. The van der Waals surface area contributed by atoms with E-state index in [1.54, 1.807) is 39.5 Å². The predicted molar refractivity (Wildman–Crippen MR) is 459 cm³/mol. The summed E-state index contributed by atoms with van der Waals surface area (Å²) in [5, 5.41) is 16.5. The van der Waals surface area contributed by atoms with E-state index in [4.69, 9.17) is 11.6 Å². The minimum absolute atomic E-state index is 0. The molecule has 13 heterocycles. The van der Waals surface area contributed by atoms with Gasteiger partial charge >= 0.3 is 5.91 Å². The summed E-state index contributed by atoms with van der Waals surface area (Å²) in [4.78, 5) is 90.1. The molecule has 22 nitrogen and oxygen atoms in total. The first-order valence-electron chi connectivity index (χ1n) is 38.9. The Morgan fingerprint density at radius 1 is 0.458 bits per heavy atom. The number of aryl methyl sites for hydroxylation is 8. The Hall–Kier alpha value is -10.9. The van der Waals surface area contributed by atoms with Crippen LogP contribution in [0.4, 0.5) is 0 Å². The van der Waals surface area contributed by atoms with Crippen molar-refractivity contribution in [1.29, 1.82) is 0 Å². The molecule has 9 aromatic heterocycles. The number of alkyl halides is 1. The normalized spacial score (nSPS) is 13.2. The Morgan fingerprint density at radius 2 is 0.814 bits per heavy atom. The van der Waals surface area contributed by atoms with E-state index in [0.29, 0.717) is 69.4 Å². The van der Waals surface area contributed by atoms with Crippen LogP contribution in [0.1, 0.15) is 169 Å². The van der Waals surface area contributed by atoms with Crippen molar-refractivity contribution in [2.75, 3.05) is 0 Å². The number of pyridine rings is 4. The van der Waals surface area contributed by atoms with Crippen LogP contribution in [0, 0.1) is 31.4 Å². The molecule has 4 aliphatic rings. The number of nitrogens with zero attached hydrogens (tertiary/aromatic N) is 16. The number of hydrogen-bond acceptors (Lipinski definition) is 12. The van der Waals surface area contributed by atoms with Crippen LogP contribution in [0.2, 0.25) is 0 Å². The largest absolute Gasteiger partial charge is 1.00 e. The molecule has 0 saturated heterocycles. The molecule has 0 bridgehead atoms. The molecule has 4 amide bonds. The number of fused-ring (bicyclic) bond motifs is 6. The molecule has 0 radical (unpaired) electrons. The van der Waals surface area contributed by atoms with Crippen molar-refractivity contribution in [1.82, 2.24) is 73.1 Å². The van der Waals surface area contributed by atoms with E-state index >= 15 is 0 Å². The number of carbonyl (C=O) groups is 6. The maximum absolute atomic E-state index is 13.3. The molecule has 118 heavy (non-hydrogen) atoms. The number of hydrogen-bond donors (Lipinski definition) is 0. The van der Waals surface area contributed by atoms with E-state index in [-0.39, 0.29) is 78.5 Å². The van der Waals surface area contributed by atoms with Crippen molar-refractivity contribution in [2.45, 2.75) is 146 Å². The zero-order valence-corrected chi connectivity index (χ0v) is 76.0. The summed E-state index contributed by atoms with van der Waals surface area (Å²) in [6, 6.07) is 49.2. The monoisotopic (exact) mass is 1780 g/mol. The Bertz CT molecular complexity index is 5790. The summed E-state index contributed by atoms with van der Waals surface area (Å²) in [7, 11) is 7.63. The summed E-state index contributed by atoms with van der Waals surface area (Å²) >= 11 is 7.40. The Labute approximate surface area is 727 Å². The number of halogens is 3. The summed E-state index contributed by atoms with van der Waals surface area (Å²) in [5.41, 5.74) is 26.8. The Kier molecular flexibility index (Phi) is 30.0. The van der Waals surface area contributed by atoms with Gasteiger partial charge in [-0.2, -0.15) is 31.9 Å². The van der Waals surface area contributed by atoms with Crippen LogP contribution in [0.15, 0.2) is 195 Å². The first-order chi connectivity index (χ1) is 55.7. The third-order valence-corrected chi connectivity index (χ3v) is 22.4. The molecule has 0 fully saturated rings. The number of rotatable bonds is 17. The van der Waals surface area contributed by atoms with Gasteiger partial charge in [-0.15, -0.1) is 11.6 Å². The fraction of sp³-hybridized carbons (Fsp3) is 0.283. The second-order valence-electron chi connectivity index (χ2n) is 29.5. The van der Waals surface area contributed by atoms with Crippen molar-refractivity contribution in [2.24, 2.45) is 28.2 Å². The van der Waals surface area contributed by atoms with E-state index in [1.165, 1.54) is 18.1 Å². The van der Waals surface area contributed by atoms with Crippen LogP contribution in [-0.2, 0) is 122 Å². The predicted octanol–water partition coefficient (Wildman–Crippen LogP) is 13.2. The molecular formula is C92H98Cl2IN16O6Zn-. The maximum Gasteiger partial charge on any atom is 0.319 e. The van der Waals surface area contributed by atoms with Crippen molar-refractivity contribution in [3.63, 3.8) is 0 Å². The van der Waals surface area contributed by atoms with Gasteiger partial charge in [-0.1, -0.05) is 129 Å². The molecule has 4 aliphatic heterocycles. The second-order valence-corrected chi connectivity index (χ2v) is 31.3. The molecule has 606 valence electrons. The van der Waals surface area contributed by atoms with E-state index < -0.39 is 0 Å².